The van der Waals surface area contributed by atoms with Crippen LogP contribution in [0.4, 0.5) is 0 Å². The number of aryl methyl sites for hydroxylation is 2. The van der Waals surface area contributed by atoms with Gasteiger partial charge in [-0.15, -0.1) is 11.3 Å². The van der Waals surface area contributed by atoms with Gasteiger partial charge in [-0.05, 0) is 43.5 Å². The maximum absolute atomic E-state index is 3.64. The summed E-state index contributed by atoms with van der Waals surface area (Å²) in [6.45, 7) is 7.48. The number of hydrogen-bond donors (Lipinski definition) is 1. The predicted molar refractivity (Wildman–Crippen MR) is 93.3 cm³/mol. The van der Waals surface area contributed by atoms with Crippen LogP contribution in [0.15, 0.2) is 48.5 Å². The minimum absolute atomic E-state index is 0.283. The monoisotopic (exact) mass is 295 g/mol. The molecule has 0 bridgehead atoms. The van der Waals surface area contributed by atoms with E-state index in [1.54, 1.807) is 0 Å². The second-order valence-electron chi connectivity index (χ2n) is 5.60. The highest BCUT2D eigenvalue weighted by Gasteiger charge is 2.16. The van der Waals surface area contributed by atoms with E-state index in [9.17, 15) is 0 Å². The fourth-order valence-electron chi connectivity index (χ4n) is 2.91. The molecule has 2 aromatic carbocycles. The van der Waals surface area contributed by atoms with Crippen LogP contribution < -0.4 is 5.32 Å². The molecule has 0 aliphatic heterocycles. The zero-order valence-corrected chi connectivity index (χ0v) is 13.6. The van der Waals surface area contributed by atoms with E-state index in [1.165, 1.54) is 31.7 Å². The number of thiophene rings is 1. The molecule has 0 saturated heterocycles. The Morgan fingerprint density at radius 1 is 1.00 bits per heavy atom. The Hall–Kier alpha value is -1.64. The van der Waals surface area contributed by atoms with Crippen molar-refractivity contribution in [3.63, 3.8) is 0 Å². The number of hydrogen-bond acceptors (Lipinski definition) is 2. The second-order valence-corrected chi connectivity index (χ2v) is 6.71. The van der Waals surface area contributed by atoms with Crippen LogP contribution in [0.3, 0.4) is 0 Å². The van der Waals surface area contributed by atoms with E-state index in [0.717, 1.165) is 6.54 Å². The summed E-state index contributed by atoms with van der Waals surface area (Å²) in [6, 6.07) is 18.1. The van der Waals surface area contributed by atoms with E-state index < -0.39 is 0 Å². The number of benzene rings is 2. The van der Waals surface area contributed by atoms with E-state index >= 15 is 0 Å². The van der Waals surface area contributed by atoms with Gasteiger partial charge in [-0.3, -0.25) is 0 Å². The molecule has 0 saturated carbocycles. The first kappa shape index (κ1) is 14.3. The molecule has 0 spiro atoms. The minimum Gasteiger partial charge on any atom is -0.306 e. The second kappa shape index (κ2) is 6.00. The molecule has 1 nitrogen and oxygen atoms in total. The molecule has 3 aromatic rings. The fraction of sp³-hybridized carbons (Fsp3) is 0.263. The standard InChI is InChI=1S/C19H21NS/c1-4-20-19(16-10-13(2)9-14(3)11-16)18-12-15-7-5-6-8-17(15)21-18/h5-12,19-20H,4H2,1-3H3. The lowest BCUT2D eigenvalue weighted by molar-refractivity contribution is 0.639. The van der Waals surface area contributed by atoms with E-state index in [-0.39, 0.29) is 6.04 Å². The first-order valence-corrected chi connectivity index (χ1v) is 8.29. The van der Waals surface area contributed by atoms with Gasteiger partial charge in [0.1, 0.15) is 0 Å². The van der Waals surface area contributed by atoms with E-state index in [2.05, 4.69) is 74.6 Å². The Morgan fingerprint density at radius 2 is 1.71 bits per heavy atom. The van der Waals surface area contributed by atoms with Crippen molar-refractivity contribution in [2.24, 2.45) is 0 Å². The molecule has 21 heavy (non-hydrogen) atoms. The van der Waals surface area contributed by atoms with Crippen LogP contribution >= 0.6 is 11.3 Å². The third-order valence-corrected chi connectivity index (χ3v) is 4.90. The predicted octanol–water partition coefficient (Wildman–Crippen LogP) is 5.22. The Labute approximate surface area is 130 Å². The molecule has 0 amide bonds. The molecule has 1 heterocycles. The summed E-state index contributed by atoms with van der Waals surface area (Å²) in [6.07, 6.45) is 0. The van der Waals surface area contributed by atoms with Crippen LogP contribution in [-0.4, -0.2) is 6.54 Å². The van der Waals surface area contributed by atoms with Crippen molar-refractivity contribution < 1.29 is 0 Å². The van der Waals surface area contributed by atoms with Crippen LogP contribution in [0, 0.1) is 13.8 Å². The summed E-state index contributed by atoms with van der Waals surface area (Å²) >= 11 is 1.89. The van der Waals surface area contributed by atoms with Gasteiger partial charge in [0.25, 0.3) is 0 Å². The van der Waals surface area contributed by atoms with E-state index in [4.69, 9.17) is 0 Å². The zero-order valence-electron chi connectivity index (χ0n) is 12.8. The molecular formula is C19H21NS. The summed E-state index contributed by atoms with van der Waals surface area (Å²) in [4.78, 5) is 1.39. The van der Waals surface area contributed by atoms with Crippen molar-refractivity contribution in [3.05, 3.63) is 70.1 Å². The van der Waals surface area contributed by atoms with Gasteiger partial charge < -0.3 is 5.32 Å². The van der Waals surface area contributed by atoms with Gasteiger partial charge >= 0.3 is 0 Å². The summed E-state index contributed by atoms with van der Waals surface area (Å²) in [5, 5.41) is 4.98. The largest absolute Gasteiger partial charge is 0.306 e. The smallest absolute Gasteiger partial charge is 0.0671 e. The molecule has 0 fully saturated rings. The first-order chi connectivity index (χ1) is 10.2. The van der Waals surface area contributed by atoms with Gasteiger partial charge in [-0.25, -0.2) is 0 Å². The third-order valence-electron chi connectivity index (χ3n) is 3.71. The number of rotatable bonds is 4. The molecule has 0 radical (unpaired) electrons. The number of fused-ring (bicyclic) bond motifs is 1. The highest BCUT2D eigenvalue weighted by molar-refractivity contribution is 7.19. The van der Waals surface area contributed by atoms with Crippen LogP contribution in [0.2, 0.25) is 0 Å². The van der Waals surface area contributed by atoms with E-state index in [0.29, 0.717) is 0 Å². The van der Waals surface area contributed by atoms with Gasteiger partial charge in [-0.1, -0.05) is 54.4 Å². The lowest BCUT2D eigenvalue weighted by atomic mass is 10.00. The molecule has 108 valence electrons. The SMILES string of the molecule is CCNC(c1cc(C)cc(C)c1)c1cc2ccccc2s1. The normalized spacial score (nSPS) is 12.7. The lowest BCUT2D eigenvalue weighted by Crippen LogP contribution is -2.21. The maximum atomic E-state index is 3.64. The van der Waals surface area contributed by atoms with Crippen molar-refractivity contribution >= 4 is 21.4 Å². The highest BCUT2D eigenvalue weighted by Crippen LogP contribution is 2.33. The zero-order chi connectivity index (χ0) is 14.8. The van der Waals surface area contributed by atoms with Crippen molar-refractivity contribution in [2.75, 3.05) is 6.54 Å². The maximum Gasteiger partial charge on any atom is 0.0671 e. The van der Waals surface area contributed by atoms with Crippen LogP contribution in [-0.2, 0) is 0 Å². The molecule has 2 heteroatoms. The molecule has 1 unspecified atom stereocenters. The Bertz CT molecular complexity index is 704. The van der Waals surface area contributed by atoms with Gasteiger partial charge in [0.05, 0.1) is 6.04 Å². The first-order valence-electron chi connectivity index (χ1n) is 7.47. The summed E-state index contributed by atoms with van der Waals surface area (Å²) in [5.41, 5.74) is 4.02. The van der Waals surface area contributed by atoms with Crippen molar-refractivity contribution in [2.45, 2.75) is 26.8 Å². The average molecular weight is 295 g/mol. The highest BCUT2D eigenvalue weighted by atomic mass is 32.1. The van der Waals surface area contributed by atoms with Gasteiger partial charge in [0, 0.05) is 9.58 Å². The van der Waals surface area contributed by atoms with Crippen molar-refractivity contribution in [3.8, 4) is 0 Å². The van der Waals surface area contributed by atoms with E-state index in [1.807, 2.05) is 11.3 Å². The molecule has 0 aliphatic carbocycles. The molecule has 1 atom stereocenters. The molecule has 0 aliphatic rings. The molecule has 3 rings (SSSR count). The summed E-state index contributed by atoms with van der Waals surface area (Å²) in [5.74, 6) is 0. The van der Waals surface area contributed by atoms with Crippen LogP contribution in [0.5, 0.6) is 0 Å². The average Bonchev–Trinajstić information content (AvgIpc) is 2.87. The Kier molecular flexibility index (Phi) is 4.09. The Balaban J connectivity index is 2.08. The van der Waals surface area contributed by atoms with Crippen LogP contribution in [0.1, 0.15) is 34.5 Å². The van der Waals surface area contributed by atoms with Gasteiger partial charge in [-0.2, -0.15) is 0 Å². The van der Waals surface area contributed by atoms with Crippen LogP contribution in [0.25, 0.3) is 10.1 Å². The fourth-order valence-corrected chi connectivity index (χ4v) is 4.08. The third kappa shape index (κ3) is 3.02. The molecule has 1 N–H and O–H groups in total. The van der Waals surface area contributed by atoms with Gasteiger partial charge in [0.15, 0.2) is 0 Å². The topological polar surface area (TPSA) is 12.0 Å². The van der Waals surface area contributed by atoms with Crippen molar-refractivity contribution in [1.82, 2.24) is 5.32 Å². The van der Waals surface area contributed by atoms with Crippen molar-refractivity contribution in [1.29, 1.82) is 0 Å². The summed E-state index contributed by atoms with van der Waals surface area (Å²) < 4.78 is 1.36. The molecule has 1 aromatic heterocycles. The summed E-state index contributed by atoms with van der Waals surface area (Å²) in [7, 11) is 0. The minimum atomic E-state index is 0.283. The lowest BCUT2D eigenvalue weighted by Gasteiger charge is -2.18. The molecular weight excluding hydrogens is 274 g/mol. The van der Waals surface area contributed by atoms with Gasteiger partial charge in [0.2, 0.25) is 0 Å². The quantitative estimate of drug-likeness (QED) is 0.696. The number of nitrogens with one attached hydrogen (secondary N) is 1. The Morgan fingerprint density at radius 3 is 2.38 bits per heavy atom.